The number of fused-ring (bicyclic) bond motifs is 2. The van der Waals surface area contributed by atoms with Crippen LogP contribution in [0.3, 0.4) is 0 Å². The van der Waals surface area contributed by atoms with Crippen LogP contribution in [0.4, 0.5) is 0 Å². The first-order chi connectivity index (χ1) is 15.7. The predicted molar refractivity (Wildman–Crippen MR) is 135 cm³/mol. The molecule has 5 rings (SSSR count). The standard InChI is InChI=1S/C30H42N2/c1-3-4-5-6-7-8-9-24-10-12-25(13-11-24)28-21-31-30(16-17-32(30)22-28)29-15-14-26-18-23(2)19-27(26)20-29/h10-15,20,23,28,31H,3-9,16-19,21-22H2,1-2H3. The molecule has 1 N–H and O–H groups in total. The van der Waals surface area contributed by atoms with E-state index in [4.69, 9.17) is 0 Å². The van der Waals surface area contributed by atoms with Gasteiger partial charge in [-0.3, -0.25) is 10.2 Å². The molecule has 0 radical (unpaired) electrons. The van der Waals surface area contributed by atoms with Crippen molar-refractivity contribution in [3.8, 4) is 0 Å². The van der Waals surface area contributed by atoms with Gasteiger partial charge in [-0.2, -0.15) is 0 Å². The van der Waals surface area contributed by atoms with E-state index in [0.29, 0.717) is 5.92 Å². The summed E-state index contributed by atoms with van der Waals surface area (Å²) >= 11 is 0. The van der Waals surface area contributed by atoms with Gasteiger partial charge in [0.15, 0.2) is 0 Å². The zero-order valence-electron chi connectivity index (χ0n) is 20.3. The van der Waals surface area contributed by atoms with Crippen molar-refractivity contribution in [3.63, 3.8) is 0 Å². The van der Waals surface area contributed by atoms with E-state index in [1.54, 1.807) is 11.1 Å². The lowest BCUT2D eigenvalue weighted by atomic mass is 9.80. The van der Waals surface area contributed by atoms with Crippen LogP contribution in [0.1, 0.15) is 92.5 Å². The van der Waals surface area contributed by atoms with Crippen LogP contribution in [0.25, 0.3) is 0 Å². The number of nitrogens with zero attached hydrogens (tertiary/aromatic N) is 1. The van der Waals surface area contributed by atoms with Gasteiger partial charge in [-0.25, -0.2) is 0 Å². The van der Waals surface area contributed by atoms with Crippen LogP contribution >= 0.6 is 0 Å². The number of aryl methyl sites for hydroxylation is 1. The second-order valence-electron chi connectivity index (χ2n) is 10.9. The molecular formula is C30H42N2. The molecule has 172 valence electrons. The van der Waals surface area contributed by atoms with Gasteiger partial charge in [-0.05, 0) is 65.8 Å². The second-order valence-corrected chi connectivity index (χ2v) is 10.9. The van der Waals surface area contributed by atoms with E-state index >= 15 is 0 Å². The Bertz CT molecular complexity index is 902. The quantitative estimate of drug-likeness (QED) is 0.453. The summed E-state index contributed by atoms with van der Waals surface area (Å²) in [6.45, 7) is 8.15. The molecule has 3 atom stereocenters. The van der Waals surface area contributed by atoms with Gasteiger partial charge in [-0.1, -0.05) is 88.4 Å². The lowest BCUT2D eigenvalue weighted by Crippen LogP contribution is -2.70. The summed E-state index contributed by atoms with van der Waals surface area (Å²) in [5.74, 6) is 1.41. The van der Waals surface area contributed by atoms with Crippen molar-refractivity contribution >= 4 is 0 Å². The lowest BCUT2D eigenvalue weighted by Gasteiger charge is -2.58. The lowest BCUT2D eigenvalue weighted by molar-refractivity contribution is -0.0764. The number of hydrogen-bond acceptors (Lipinski definition) is 2. The molecule has 2 aromatic carbocycles. The highest BCUT2D eigenvalue weighted by Crippen LogP contribution is 2.44. The van der Waals surface area contributed by atoms with Gasteiger partial charge in [0.2, 0.25) is 0 Å². The summed E-state index contributed by atoms with van der Waals surface area (Å²) < 4.78 is 0. The summed E-state index contributed by atoms with van der Waals surface area (Å²) in [5.41, 5.74) is 7.80. The molecule has 3 aliphatic rings. The highest BCUT2D eigenvalue weighted by molar-refractivity contribution is 5.40. The van der Waals surface area contributed by atoms with Crippen molar-refractivity contribution in [2.24, 2.45) is 5.92 Å². The van der Waals surface area contributed by atoms with Gasteiger partial charge in [-0.15, -0.1) is 0 Å². The molecule has 0 saturated carbocycles. The van der Waals surface area contributed by atoms with E-state index < -0.39 is 0 Å². The van der Waals surface area contributed by atoms with E-state index in [1.807, 2.05) is 0 Å². The van der Waals surface area contributed by atoms with Crippen LogP contribution in [0.5, 0.6) is 0 Å². The molecule has 0 aromatic heterocycles. The van der Waals surface area contributed by atoms with E-state index in [9.17, 15) is 0 Å². The monoisotopic (exact) mass is 430 g/mol. The third-order valence-electron chi connectivity index (χ3n) is 8.46. The van der Waals surface area contributed by atoms with E-state index in [0.717, 1.165) is 12.5 Å². The molecule has 2 saturated heterocycles. The first-order valence-electron chi connectivity index (χ1n) is 13.4. The van der Waals surface area contributed by atoms with Gasteiger partial charge >= 0.3 is 0 Å². The van der Waals surface area contributed by atoms with Gasteiger partial charge in [0.25, 0.3) is 0 Å². The number of unbranched alkanes of at least 4 members (excludes halogenated alkanes) is 5. The molecule has 2 fully saturated rings. The highest BCUT2D eigenvalue weighted by atomic mass is 15.4. The normalized spacial score (nSPS) is 27.1. The predicted octanol–water partition coefficient (Wildman–Crippen LogP) is 6.57. The molecule has 2 aliphatic heterocycles. The Kier molecular flexibility index (Phi) is 6.71. The first kappa shape index (κ1) is 22.2. The molecule has 2 nitrogen and oxygen atoms in total. The van der Waals surface area contributed by atoms with Gasteiger partial charge < -0.3 is 0 Å². The fourth-order valence-corrected chi connectivity index (χ4v) is 6.38. The SMILES string of the molecule is CCCCCCCCc1ccc(C2CNC3(c4ccc5c(c4)CC(C)C5)CCN3C2)cc1. The maximum atomic E-state index is 4.00. The minimum atomic E-state index is 0.0923. The Hall–Kier alpha value is -1.64. The maximum Gasteiger partial charge on any atom is 0.0988 e. The zero-order chi connectivity index (χ0) is 22.0. The summed E-state index contributed by atoms with van der Waals surface area (Å²) in [5, 5.41) is 4.00. The van der Waals surface area contributed by atoms with E-state index in [1.165, 1.54) is 94.0 Å². The van der Waals surface area contributed by atoms with Crippen molar-refractivity contribution in [2.45, 2.75) is 89.6 Å². The number of nitrogens with one attached hydrogen (secondary N) is 1. The molecular weight excluding hydrogens is 388 g/mol. The Morgan fingerprint density at radius 2 is 1.72 bits per heavy atom. The third-order valence-corrected chi connectivity index (χ3v) is 8.46. The van der Waals surface area contributed by atoms with Crippen molar-refractivity contribution < 1.29 is 0 Å². The van der Waals surface area contributed by atoms with E-state index in [2.05, 4.69) is 66.5 Å². The Morgan fingerprint density at radius 3 is 2.47 bits per heavy atom. The number of rotatable bonds is 9. The van der Waals surface area contributed by atoms with Crippen LogP contribution in [0.15, 0.2) is 42.5 Å². The minimum absolute atomic E-state index is 0.0923. The first-order valence-corrected chi connectivity index (χ1v) is 13.4. The highest BCUT2D eigenvalue weighted by Gasteiger charge is 2.49. The van der Waals surface area contributed by atoms with Crippen LogP contribution < -0.4 is 5.32 Å². The fourth-order valence-electron chi connectivity index (χ4n) is 6.38. The van der Waals surface area contributed by atoms with Crippen LogP contribution in [0, 0.1) is 5.92 Å². The van der Waals surface area contributed by atoms with Crippen molar-refractivity contribution in [3.05, 3.63) is 70.3 Å². The van der Waals surface area contributed by atoms with Crippen LogP contribution in [0.2, 0.25) is 0 Å². The van der Waals surface area contributed by atoms with Crippen molar-refractivity contribution in [1.29, 1.82) is 0 Å². The minimum Gasteiger partial charge on any atom is -0.295 e. The molecule has 0 amide bonds. The summed E-state index contributed by atoms with van der Waals surface area (Å²) in [7, 11) is 0. The third kappa shape index (κ3) is 4.41. The number of benzene rings is 2. The Morgan fingerprint density at radius 1 is 0.938 bits per heavy atom. The average molecular weight is 431 g/mol. The Labute approximate surface area is 195 Å². The van der Waals surface area contributed by atoms with Gasteiger partial charge in [0, 0.05) is 25.6 Å². The largest absolute Gasteiger partial charge is 0.295 e. The van der Waals surface area contributed by atoms with Gasteiger partial charge in [0.05, 0.1) is 5.66 Å². The zero-order valence-corrected chi connectivity index (χ0v) is 20.3. The van der Waals surface area contributed by atoms with Crippen molar-refractivity contribution in [2.75, 3.05) is 19.6 Å². The average Bonchev–Trinajstić information content (AvgIpc) is 3.17. The Balaban J connectivity index is 1.17. The van der Waals surface area contributed by atoms with Crippen LogP contribution in [-0.2, 0) is 24.9 Å². The summed E-state index contributed by atoms with van der Waals surface area (Å²) in [6, 6.07) is 16.9. The summed E-state index contributed by atoms with van der Waals surface area (Å²) in [4.78, 5) is 2.70. The number of hydrogen-bond donors (Lipinski definition) is 1. The smallest absolute Gasteiger partial charge is 0.0988 e. The molecule has 0 spiro atoms. The fraction of sp³-hybridized carbons (Fsp3) is 0.600. The molecule has 2 heteroatoms. The second kappa shape index (κ2) is 9.69. The van der Waals surface area contributed by atoms with Crippen LogP contribution in [-0.4, -0.2) is 24.5 Å². The van der Waals surface area contributed by atoms with Crippen molar-refractivity contribution in [1.82, 2.24) is 10.2 Å². The molecule has 1 aliphatic carbocycles. The van der Waals surface area contributed by atoms with Gasteiger partial charge in [0.1, 0.15) is 0 Å². The summed E-state index contributed by atoms with van der Waals surface area (Å²) in [6.07, 6.45) is 13.3. The topological polar surface area (TPSA) is 15.3 Å². The maximum absolute atomic E-state index is 4.00. The molecule has 0 bridgehead atoms. The molecule has 32 heavy (non-hydrogen) atoms. The molecule has 3 unspecified atom stereocenters. The van der Waals surface area contributed by atoms with E-state index in [-0.39, 0.29) is 5.66 Å². The molecule has 2 heterocycles. The molecule has 2 aromatic rings.